The summed E-state index contributed by atoms with van der Waals surface area (Å²) in [5, 5.41) is 16.1. The molecule has 5 heteroatoms. The number of rotatable bonds is 6. The number of carboxylic acid groups (broad SMARTS) is 1. The Kier molecular flexibility index (Phi) is 5.39. The van der Waals surface area contributed by atoms with Crippen LogP contribution in [0.4, 0.5) is 0 Å². The van der Waals surface area contributed by atoms with E-state index in [1.165, 1.54) is 6.42 Å². The van der Waals surface area contributed by atoms with Crippen molar-refractivity contribution in [2.24, 2.45) is 11.3 Å². The highest BCUT2D eigenvalue weighted by atomic mass is 32.1. The summed E-state index contributed by atoms with van der Waals surface area (Å²) >= 11 is 1.59. The molecule has 2 rings (SSSR count). The SMILES string of the molecule is CC(CC(=O)O)(C(=O)NCc1ccsc1)C1CCCCC1. The maximum Gasteiger partial charge on any atom is 0.304 e. The average molecular weight is 309 g/mol. The van der Waals surface area contributed by atoms with Crippen molar-refractivity contribution >= 4 is 23.2 Å². The molecule has 0 aromatic carbocycles. The van der Waals surface area contributed by atoms with Gasteiger partial charge in [-0.2, -0.15) is 11.3 Å². The summed E-state index contributed by atoms with van der Waals surface area (Å²) < 4.78 is 0. The van der Waals surface area contributed by atoms with Crippen LogP contribution < -0.4 is 5.32 Å². The number of carbonyl (C=O) groups excluding carboxylic acids is 1. The highest BCUT2D eigenvalue weighted by molar-refractivity contribution is 7.07. The maximum absolute atomic E-state index is 12.6. The van der Waals surface area contributed by atoms with Gasteiger partial charge in [0.1, 0.15) is 0 Å². The lowest BCUT2D eigenvalue weighted by Gasteiger charge is -2.37. The second-order valence-electron chi connectivity index (χ2n) is 6.14. The fourth-order valence-electron chi connectivity index (χ4n) is 3.24. The fraction of sp³-hybridized carbons (Fsp3) is 0.625. The predicted molar refractivity (Wildman–Crippen MR) is 83.1 cm³/mol. The molecule has 4 nitrogen and oxygen atoms in total. The molecule has 2 N–H and O–H groups in total. The van der Waals surface area contributed by atoms with Crippen LogP contribution in [0.2, 0.25) is 0 Å². The van der Waals surface area contributed by atoms with Gasteiger partial charge in [0.05, 0.1) is 11.8 Å². The number of carboxylic acids is 1. The standard InChI is InChI=1S/C16H23NO3S/c1-16(9-14(18)19,13-5-3-2-4-6-13)15(20)17-10-12-7-8-21-11-12/h7-8,11,13H,2-6,9-10H2,1H3,(H,17,20)(H,18,19). The quantitative estimate of drug-likeness (QED) is 0.846. The van der Waals surface area contributed by atoms with Crippen LogP contribution in [0.25, 0.3) is 0 Å². The lowest BCUT2D eigenvalue weighted by atomic mass is 9.67. The van der Waals surface area contributed by atoms with Gasteiger partial charge in [-0.1, -0.05) is 19.3 Å². The normalized spacial score (nSPS) is 18.9. The number of nitrogens with one attached hydrogen (secondary N) is 1. The van der Waals surface area contributed by atoms with Gasteiger partial charge in [-0.15, -0.1) is 0 Å². The number of carbonyl (C=O) groups is 2. The van der Waals surface area contributed by atoms with Crippen molar-refractivity contribution in [2.45, 2.75) is 52.0 Å². The van der Waals surface area contributed by atoms with Gasteiger partial charge >= 0.3 is 5.97 Å². The van der Waals surface area contributed by atoms with E-state index < -0.39 is 11.4 Å². The molecule has 21 heavy (non-hydrogen) atoms. The number of thiophene rings is 1. The van der Waals surface area contributed by atoms with Crippen molar-refractivity contribution in [1.29, 1.82) is 0 Å². The zero-order valence-electron chi connectivity index (χ0n) is 12.4. The van der Waals surface area contributed by atoms with Crippen LogP contribution >= 0.6 is 11.3 Å². The molecule has 1 amide bonds. The minimum Gasteiger partial charge on any atom is -0.481 e. The summed E-state index contributed by atoms with van der Waals surface area (Å²) in [4.78, 5) is 23.8. The zero-order valence-corrected chi connectivity index (χ0v) is 13.2. The first-order valence-corrected chi connectivity index (χ1v) is 8.48. The van der Waals surface area contributed by atoms with E-state index in [1.807, 2.05) is 23.8 Å². The van der Waals surface area contributed by atoms with Gasteiger partial charge in [0.25, 0.3) is 0 Å². The topological polar surface area (TPSA) is 66.4 Å². The first kappa shape index (κ1) is 16.0. The molecular weight excluding hydrogens is 286 g/mol. The molecule has 1 fully saturated rings. The molecule has 116 valence electrons. The molecule has 1 atom stereocenters. The number of aliphatic carboxylic acids is 1. The Labute approximate surface area is 129 Å². The monoisotopic (exact) mass is 309 g/mol. The summed E-state index contributed by atoms with van der Waals surface area (Å²) in [6.07, 6.45) is 5.20. The number of amides is 1. The Morgan fingerprint density at radius 1 is 1.38 bits per heavy atom. The molecule has 1 aliphatic carbocycles. The van der Waals surface area contributed by atoms with Crippen molar-refractivity contribution in [3.05, 3.63) is 22.4 Å². The molecular formula is C16H23NO3S. The van der Waals surface area contributed by atoms with Crippen LogP contribution in [-0.2, 0) is 16.1 Å². The van der Waals surface area contributed by atoms with Crippen molar-refractivity contribution in [2.75, 3.05) is 0 Å². The van der Waals surface area contributed by atoms with Gasteiger partial charge in [-0.25, -0.2) is 0 Å². The second kappa shape index (κ2) is 7.07. The Bertz CT molecular complexity index is 480. The molecule has 0 spiro atoms. The summed E-state index contributed by atoms with van der Waals surface area (Å²) in [5.41, 5.74) is 0.261. The van der Waals surface area contributed by atoms with Crippen molar-refractivity contribution < 1.29 is 14.7 Å². The Morgan fingerprint density at radius 3 is 2.67 bits per heavy atom. The fourth-order valence-corrected chi connectivity index (χ4v) is 3.91. The summed E-state index contributed by atoms with van der Waals surface area (Å²) in [5.74, 6) is -0.846. The van der Waals surface area contributed by atoms with E-state index in [4.69, 9.17) is 0 Å². The molecule has 1 heterocycles. The first-order valence-electron chi connectivity index (χ1n) is 7.53. The van der Waals surface area contributed by atoms with E-state index in [0.717, 1.165) is 31.2 Å². The molecule has 0 radical (unpaired) electrons. The van der Waals surface area contributed by atoms with Crippen molar-refractivity contribution in [1.82, 2.24) is 5.32 Å². The maximum atomic E-state index is 12.6. The van der Waals surface area contributed by atoms with Gasteiger partial charge in [0.15, 0.2) is 0 Å². The molecule has 1 saturated carbocycles. The Balaban J connectivity index is 2.05. The molecule has 0 saturated heterocycles. The number of hydrogen-bond donors (Lipinski definition) is 2. The minimum absolute atomic E-state index is 0.0901. The van der Waals surface area contributed by atoms with Crippen LogP contribution in [0.3, 0.4) is 0 Å². The third-order valence-corrected chi connectivity index (χ3v) is 5.31. The molecule has 1 aromatic heterocycles. The van der Waals surface area contributed by atoms with Crippen LogP contribution in [0, 0.1) is 11.3 Å². The van der Waals surface area contributed by atoms with Crippen LogP contribution in [0.15, 0.2) is 16.8 Å². The molecule has 0 bridgehead atoms. The zero-order chi connectivity index (χ0) is 15.3. The van der Waals surface area contributed by atoms with Crippen LogP contribution in [0.5, 0.6) is 0 Å². The van der Waals surface area contributed by atoms with Gasteiger partial charge in [-0.3, -0.25) is 9.59 Å². The highest BCUT2D eigenvalue weighted by Gasteiger charge is 2.43. The van der Waals surface area contributed by atoms with E-state index in [0.29, 0.717) is 6.54 Å². The predicted octanol–water partition coefficient (Wildman–Crippen LogP) is 3.43. The van der Waals surface area contributed by atoms with E-state index >= 15 is 0 Å². The van der Waals surface area contributed by atoms with E-state index in [1.54, 1.807) is 11.3 Å². The third kappa shape index (κ3) is 4.06. The van der Waals surface area contributed by atoms with Gasteiger partial charge in [0.2, 0.25) is 5.91 Å². The number of hydrogen-bond acceptors (Lipinski definition) is 3. The largest absolute Gasteiger partial charge is 0.481 e. The van der Waals surface area contributed by atoms with E-state index in [-0.39, 0.29) is 18.2 Å². The second-order valence-corrected chi connectivity index (χ2v) is 6.92. The summed E-state index contributed by atoms with van der Waals surface area (Å²) in [6.45, 7) is 2.30. The Morgan fingerprint density at radius 2 is 2.10 bits per heavy atom. The van der Waals surface area contributed by atoms with Crippen LogP contribution in [-0.4, -0.2) is 17.0 Å². The smallest absolute Gasteiger partial charge is 0.304 e. The third-order valence-electron chi connectivity index (χ3n) is 4.58. The summed E-state index contributed by atoms with van der Waals surface area (Å²) in [6, 6.07) is 1.97. The van der Waals surface area contributed by atoms with Gasteiger partial charge < -0.3 is 10.4 Å². The highest BCUT2D eigenvalue weighted by Crippen LogP contribution is 2.41. The van der Waals surface area contributed by atoms with Crippen molar-refractivity contribution in [3.8, 4) is 0 Å². The molecule has 0 aliphatic heterocycles. The lowest BCUT2D eigenvalue weighted by Crippen LogP contribution is -2.45. The molecule has 1 aromatic rings. The Hall–Kier alpha value is -1.36. The minimum atomic E-state index is -0.895. The van der Waals surface area contributed by atoms with E-state index in [2.05, 4.69) is 5.32 Å². The lowest BCUT2D eigenvalue weighted by molar-refractivity contribution is -0.148. The van der Waals surface area contributed by atoms with Crippen LogP contribution in [0.1, 0.15) is 51.0 Å². The average Bonchev–Trinajstić information content (AvgIpc) is 2.98. The molecule has 1 unspecified atom stereocenters. The van der Waals surface area contributed by atoms with Gasteiger partial charge in [-0.05, 0) is 48.1 Å². The van der Waals surface area contributed by atoms with E-state index in [9.17, 15) is 14.7 Å². The molecule has 1 aliphatic rings. The van der Waals surface area contributed by atoms with Gasteiger partial charge in [0, 0.05) is 6.54 Å². The first-order chi connectivity index (χ1) is 10.0. The summed E-state index contributed by atoms with van der Waals surface area (Å²) in [7, 11) is 0. The van der Waals surface area contributed by atoms with Crippen molar-refractivity contribution in [3.63, 3.8) is 0 Å².